The Morgan fingerprint density at radius 2 is 1.79 bits per heavy atom. The molecule has 1 aromatic heterocycles. The Kier molecular flexibility index (Phi) is 4.88. The molecule has 28 heavy (non-hydrogen) atoms. The Bertz CT molecular complexity index is 1080. The summed E-state index contributed by atoms with van der Waals surface area (Å²) in [7, 11) is 0. The third-order valence-corrected chi connectivity index (χ3v) is 5.47. The molecule has 0 atom stereocenters. The molecule has 0 amide bonds. The maximum atomic E-state index is 12.1. The van der Waals surface area contributed by atoms with Crippen molar-refractivity contribution in [1.29, 1.82) is 0 Å². The van der Waals surface area contributed by atoms with Gasteiger partial charge in [0.15, 0.2) is 6.73 Å². The third kappa shape index (κ3) is 3.39. The third-order valence-electron chi connectivity index (χ3n) is 5.47. The first kappa shape index (κ1) is 18.6. The zero-order valence-electron chi connectivity index (χ0n) is 17.1. The number of hydrogen-bond acceptors (Lipinski definition) is 4. The van der Waals surface area contributed by atoms with Crippen molar-refractivity contribution in [2.24, 2.45) is 0 Å². The molecule has 0 unspecified atom stereocenters. The summed E-state index contributed by atoms with van der Waals surface area (Å²) in [4.78, 5) is 14.3. The van der Waals surface area contributed by atoms with Crippen molar-refractivity contribution in [3.8, 4) is 5.75 Å². The number of nitrogens with zero attached hydrogens (tertiary/aromatic N) is 1. The molecule has 0 bridgehead atoms. The number of hydrogen-bond donors (Lipinski definition) is 0. The minimum atomic E-state index is -0.283. The van der Waals surface area contributed by atoms with Crippen molar-refractivity contribution in [2.75, 3.05) is 11.6 Å². The molecule has 146 valence electrons. The van der Waals surface area contributed by atoms with Gasteiger partial charge in [-0.15, -0.1) is 0 Å². The number of benzene rings is 2. The maximum Gasteiger partial charge on any atom is 0.336 e. The summed E-state index contributed by atoms with van der Waals surface area (Å²) < 4.78 is 11.7. The molecule has 2 aromatic carbocycles. The van der Waals surface area contributed by atoms with Gasteiger partial charge in [-0.25, -0.2) is 4.79 Å². The molecule has 0 fully saturated rings. The topological polar surface area (TPSA) is 42.7 Å². The van der Waals surface area contributed by atoms with E-state index < -0.39 is 0 Å². The van der Waals surface area contributed by atoms with Gasteiger partial charge < -0.3 is 14.1 Å². The molecule has 4 rings (SSSR count). The maximum absolute atomic E-state index is 12.1. The molecule has 4 heteroatoms. The van der Waals surface area contributed by atoms with Crippen LogP contribution in [0.3, 0.4) is 0 Å². The second-order valence-corrected chi connectivity index (χ2v) is 7.88. The van der Waals surface area contributed by atoms with E-state index in [-0.39, 0.29) is 5.63 Å². The fraction of sp³-hybridized carbons (Fsp3) is 0.375. The Morgan fingerprint density at radius 1 is 1.04 bits per heavy atom. The van der Waals surface area contributed by atoms with E-state index in [1.54, 1.807) is 6.07 Å². The molecule has 0 N–H and O–H groups in total. The van der Waals surface area contributed by atoms with Crippen molar-refractivity contribution < 1.29 is 9.15 Å². The van der Waals surface area contributed by atoms with E-state index in [1.165, 1.54) is 16.8 Å². The molecule has 1 aliphatic rings. The molecule has 0 saturated carbocycles. The van der Waals surface area contributed by atoms with Gasteiger partial charge in [0, 0.05) is 34.8 Å². The van der Waals surface area contributed by atoms with Crippen molar-refractivity contribution in [3.05, 3.63) is 68.6 Å². The Morgan fingerprint density at radius 3 is 2.50 bits per heavy atom. The van der Waals surface area contributed by atoms with Crippen LogP contribution in [0.25, 0.3) is 11.0 Å². The van der Waals surface area contributed by atoms with Crippen molar-refractivity contribution >= 4 is 16.7 Å². The van der Waals surface area contributed by atoms with Crippen LogP contribution in [0.5, 0.6) is 5.75 Å². The highest BCUT2D eigenvalue weighted by molar-refractivity contribution is 5.86. The zero-order valence-corrected chi connectivity index (χ0v) is 17.1. The lowest BCUT2D eigenvalue weighted by Gasteiger charge is -2.32. The quantitative estimate of drug-likeness (QED) is 0.570. The van der Waals surface area contributed by atoms with Gasteiger partial charge >= 0.3 is 5.63 Å². The summed E-state index contributed by atoms with van der Waals surface area (Å²) in [5.41, 5.74) is 7.18. The number of rotatable bonds is 4. The minimum absolute atomic E-state index is 0.283. The van der Waals surface area contributed by atoms with Gasteiger partial charge in [-0.05, 0) is 68.5 Å². The highest BCUT2D eigenvalue weighted by Crippen LogP contribution is 2.37. The molecule has 0 spiro atoms. The number of aryl methyl sites for hydroxylation is 4. The van der Waals surface area contributed by atoms with Gasteiger partial charge in [0.1, 0.15) is 11.3 Å². The summed E-state index contributed by atoms with van der Waals surface area (Å²) in [5, 5.41) is 1.04. The summed E-state index contributed by atoms with van der Waals surface area (Å²) in [5.74, 6) is 0.851. The summed E-state index contributed by atoms with van der Waals surface area (Å²) in [6, 6.07) is 10.4. The second kappa shape index (κ2) is 7.34. The fourth-order valence-electron chi connectivity index (χ4n) is 4.16. The van der Waals surface area contributed by atoms with E-state index in [9.17, 15) is 4.79 Å². The normalized spacial score (nSPS) is 13.5. The SMILES string of the molecule is CCCCc1cc(=O)oc2c(C)c3c(cc12)CN(c1cc(C)cc(C)c1)CO3. The first-order chi connectivity index (χ1) is 13.5. The fourth-order valence-corrected chi connectivity index (χ4v) is 4.16. The Hall–Kier alpha value is -2.75. The van der Waals surface area contributed by atoms with E-state index in [1.807, 2.05) is 6.92 Å². The van der Waals surface area contributed by atoms with Gasteiger partial charge in [0.25, 0.3) is 0 Å². The molecule has 0 aliphatic carbocycles. The van der Waals surface area contributed by atoms with Crippen LogP contribution in [0.2, 0.25) is 0 Å². The van der Waals surface area contributed by atoms with Crippen LogP contribution in [-0.4, -0.2) is 6.73 Å². The minimum Gasteiger partial charge on any atom is -0.472 e. The van der Waals surface area contributed by atoms with Crippen molar-refractivity contribution in [3.63, 3.8) is 0 Å². The van der Waals surface area contributed by atoms with Gasteiger partial charge in [-0.3, -0.25) is 0 Å². The summed E-state index contributed by atoms with van der Waals surface area (Å²) in [6.45, 7) is 9.66. The number of ether oxygens (including phenoxy) is 1. The van der Waals surface area contributed by atoms with Crippen LogP contribution < -0.4 is 15.3 Å². The summed E-state index contributed by atoms with van der Waals surface area (Å²) >= 11 is 0. The molecule has 3 aromatic rings. The molecule has 1 aliphatic heterocycles. The first-order valence-corrected chi connectivity index (χ1v) is 10.0. The smallest absolute Gasteiger partial charge is 0.336 e. The predicted molar refractivity (Wildman–Crippen MR) is 113 cm³/mol. The molecular formula is C24H27NO3. The average Bonchev–Trinajstić information content (AvgIpc) is 2.66. The second-order valence-electron chi connectivity index (χ2n) is 7.88. The van der Waals surface area contributed by atoms with Crippen LogP contribution in [0.15, 0.2) is 39.5 Å². The van der Waals surface area contributed by atoms with E-state index in [0.717, 1.165) is 53.6 Å². The lowest BCUT2D eigenvalue weighted by atomic mass is 9.98. The molecule has 0 radical (unpaired) electrons. The van der Waals surface area contributed by atoms with Crippen molar-refractivity contribution in [2.45, 2.75) is 53.5 Å². The largest absolute Gasteiger partial charge is 0.472 e. The van der Waals surface area contributed by atoms with Gasteiger partial charge in [-0.1, -0.05) is 19.4 Å². The highest BCUT2D eigenvalue weighted by Gasteiger charge is 2.23. The zero-order chi connectivity index (χ0) is 19.8. The predicted octanol–water partition coefficient (Wildman–Crippen LogP) is 5.42. The molecule has 2 heterocycles. The van der Waals surface area contributed by atoms with Gasteiger partial charge in [0.05, 0.1) is 0 Å². The van der Waals surface area contributed by atoms with Crippen LogP contribution in [0.4, 0.5) is 5.69 Å². The van der Waals surface area contributed by atoms with E-state index in [4.69, 9.17) is 9.15 Å². The average molecular weight is 377 g/mol. The van der Waals surface area contributed by atoms with Crippen LogP contribution in [0, 0.1) is 20.8 Å². The number of fused-ring (bicyclic) bond motifs is 2. The highest BCUT2D eigenvalue weighted by atomic mass is 16.5. The van der Waals surface area contributed by atoms with Gasteiger partial charge in [-0.2, -0.15) is 0 Å². The summed E-state index contributed by atoms with van der Waals surface area (Å²) in [6.07, 6.45) is 3.04. The lowest BCUT2D eigenvalue weighted by Crippen LogP contribution is -2.32. The Labute approximate surface area is 165 Å². The molecule has 4 nitrogen and oxygen atoms in total. The monoisotopic (exact) mass is 377 g/mol. The van der Waals surface area contributed by atoms with E-state index >= 15 is 0 Å². The van der Waals surface area contributed by atoms with E-state index in [2.05, 4.69) is 49.9 Å². The lowest BCUT2D eigenvalue weighted by molar-refractivity contribution is 0.287. The Balaban J connectivity index is 1.79. The number of unbranched alkanes of at least 4 members (excludes halogenated alkanes) is 1. The number of anilines is 1. The standard InChI is InChI=1S/C24H27NO3/c1-5-6-7-18-12-22(26)28-24-17(4)23-19(11-21(18)24)13-25(14-27-23)20-9-15(2)8-16(3)10-20/h8-12H,5-7,13-14H2,1-4H3. The van der Waals surface area contributed by atoms with E-state index in [0.29, 0.717) is 12.3 Å². The van der Waals surface area contributed by atoms with Crippen LogP contribution in [0.1, 0.15) is 47.6 Å². The van der Waals surface area contributed by atoms with Crippen molar-refractivity contribution in [1.82, 2.24) is 0 Å². The van der Waals surface area contributed by atoms with Gasteiger partial charge in [0.2, 0.25) is 0 Å². The van der Waals surface area contributed by atoms with Crippen LogP contribution in [-0.2, 0) is 13.0 Å². The molecule has 0 saturated heterocycles. The molecular weight excluding hydrogens is 350 g/mol. The first-order valence-electron chi connectivity index (χ1n) is 10.0. The van der Waals surface area contributed by atoms with Crippen LogP contribution >= 0.6 is 0 Å².